The molecule has 1 rings (SSSR count). The Morgan fingerprint density at radius 3 is 2.47 bits per heavy atom. The van der Waals surface area contributed by atoms with Crippen molar-refractivity contribution in [3.63, 3.8) is 0 Å². The van der Waals surface area contributed by atoms with Crippen molar-refractivity contribution >= 4 is 23.4 Å². The molecule has 3 N–H and O–H groups in total. The summed E-state index contributed by atoms with van der Waals surface area (Å²) < 4.78 is 0. The van der Waals surface area contributed by atoms with Crippen LogP contribution in [0.25, 0.3) is 0 Å². The first kappa shape index (κ1) is 14.1. The Hall–Kier alpha value is -1.01. The van der Waals surface area contributed by atoms with Gasteiger partial charge < -0.3 is 15.7 Å². The zero-order valence-corrected chi connectivity index (χ0v) is 11.5. The summed E-state index contributed by atoms with van der Waals surface area (Å²) in [6.07, 6.45) is 1.94. The van der Waals surface area contributed by atoms with E-state index in [0.29, 0.717) is 11.1 Å². The van der Waals surface area contributed by atoms with Gasteiger partial charge in [0.2, 0.25) is 0 Å². The molecule has 6 heteroatoms. The minimum Gasteiger partial charge on any atom is -0.394 e. The molecule has 0 saturated heterocycles. The molecule has 0 aliphatic heterocycles. The van der Waals surface area contributed by atoms with E-state index < -0.39 is 0 Å². The lowest BCUT2D eigenvalue weighted by molar-refractivity contribution is 0.249. The molecule has 1 heterocycles. The Morgan fingerprint density at radius 1 is 1.35 bits per heavy atom. The van der Waals surface area contributed by atoms with Crippen LogP contribution in [-0.2, 0) is 0 Å². The molecule has 0 bridgehead atoms. The highest BCUT2D eigenvalue weighted by Crippen LogP contribution is 2.18. The minimum absolute atomic E-state index is 0.00399. The molecule has 0 radical (unpaired) electrons. The number of anilines is 2. The van der Waals surface area contributed by atoms with Crippen LogP contribution >= 0.6 is 11.8 Å². The maximum atomic E-state index is 9.28. The predicted octanol–water partition coefficient (Wildman–Crippen LogP) is 1.67. The summed E-state index contributed by atoms with van der Waals surface area (Å²) in [5, 5.41) is 16.2. The van der Waals surface area contributed by atoms with E-state index in [0.717, 1.165) is 11.6 Å². The molecule has 0 aromatic carbocycles. The van der Waals surface area contributed by atoms with Crippen molar-refractivity contribution in [1.82, 2.24) is 9.97 Å². The van der Waals surface area contributed by atoms with Crippen LogP contribution in [0.5, 0.6) is 0 Å². The van der Waals surface area contributed by atoms with Gasteiger partial charge in [0, 0.05) is 13.1 Å². The van der Waals surface area contributed by atoms with Crippen LogP contribution in [0, 0.1) is 5.92 Å². The third-order valence-corrected chi connectivity index (χ3v) is 3.03. The van der Waals surface area contributed by atoms with Crippen LogP contribution < -0.4 is 10.6 Å². The van der Waals surface area contributed by atoms with Crippen molar-refractivity contribution in [2.45, 2.75) is 25.0 Å². The quantitative estimate of drug-likeness (QED) is 0.531. The number of rotatable bonds is 6. The fraction of sp³-hybridized carbons (Fsp3) is 0.636. The second kappa shape index (κ2) is 6.66. The highest BCUT2D eigenvalue weighted by Gasteiger charge is 2.13. The standard InChI is InChI=1S/C11H20N4OS/c1-7(2)8(6-16)13-10-5-9(12-3)14-11(15-10)17-4/h5,7-8,16H,6H2,1-4H3,(H2,12,13,14,15)/t8-/m1/s1. The molecule has 0 fully saturated rings. The number of hydrogen-bond acceptors (Lipinski definition) is 6. The molecule has 0 aliphatic rings. The van der Waals surface area contributed by atoms with E-state index in [9.17, 15) is 5.11 Å². The molecule has 1 atom stereocenters. The van der Waals surface area contributed by atoms with Gasteiger partial charge in [-0.15, -0.1) is 0 Å². The second-order valence-electron chi connectivity index (χ2n) is 4.05. The van der Waals surface area contributed by atoms with Crippen LogP contribution in [0.2, 0.25) is 0 Å². The summed E-state index contributed by atoms with van der Waals surface area (Å²) in [6, 6.07) is 1.84. The third kappa shape index (κ3) is 4.05. The monoisotopic (exact) mass is 256 g/mol. The maximum Gasteiger partial charge on any atom is 0.191 e. The topological polar surface area (TPSA) is 70.1 Å². The summed E-state index contributed by atoms with van der Waals surface area (Å²) in [6.45, 7) is 4.21. The average Bonchev–Trinajstić information content (AvgIpc) is 2.34. The van der Waals surface area contributed by atoms with Gasteiger partial charge in [-0.2, -0.15) is 0 Å². The Kier molecular flexibility index (Phi) is 5.50. The first-order chi connectivity index (χ1) is 8.10. The largest absolute Gasteiger partial charge is 0.394 e. The Morgan fingerprint density at radius 2 is 2.00 bits per heavy atom. The first-order valence-electron chi connectivity index (χ1n) is 5.59. The van der Waals surface area contributed by atoms with Gasteiger partial charge in [0.05, 0.1) is 12.6 Å². The molecular formula is C11H20N4OS. The normalized spacial score (nSPS) is 12.6. The van der Waals surface area contributed by atoms with Gasteiger partial charge in [-0.25, -0.2) is 9.97 Å². The van der Waals surface area contributed by atoms with Gasteiger partial charge in [0.1, 0.15) is 11.6 Å². The second-order valence-corrected chi connectivity index (χ2v) is 4.83. The number of nitrogens with one attached hydrogen (secondary N) is 2. The van der Waals surface area contributed by atoms with Crippen LogP contribution in [0.3, 0.4) is 0 Å². The first-order valence-corrected chi connectivity index (χ1v) is 6.81. The van der Waals surface area contributed by atoms with E-state index >= 15 is 0 Å². The molecule has 1 aromatic heterocycles. The van der Waals surface area contributed by atoms with E-state index in [1.165, 1.54) is 11.8 Å². The van der Waals surface area contributed by atoms with Crippen molar-refractivity contribution in [3.05, 3.63) is 6.07 Å². The van der Waals surface area contributed by atoms with Gasteiger partial charge in [0.15, 0.2) is 5.16 Å². The summed E-state index contributed by atoms with van der Waals surface area (Å²) in [5.41, 5.74) is 0. The molecular weight excluding hydrogens is 236 g/mol. The molecule has 1 aromatic rings. The fourth-order valence-corrected chi connectivity index (χ4v) is 1.71. The van der Waals surface area contributed by atoms with Crippen LogP contribution in [-0.4, -0.2) is 41.0 Å². The third-order valence-electron chi connectivity index (χ3n) is 2.48. The Balaban J connectivity index is 2.89. The van der Waals surface area contributed by atoms with Crippen LogP contribution in [0.4, 0.5) is 11.6 Å². The van der Waals surface area contributed by atoms with Crippen molar-refractivity contribution in [2.24, 2.45) is 5.92 Å². The average molecular weight is 256 g/mol. The lowest BCUT2D eigenvalue weighted by atomic mass is 10.1. The number of aliphatic hydroxyl groups excluding tert-OH is 1. The van der Waals surface area contributed by atoms with Gasteiger partial charge in [-0.1, -0.05) is 25.6 Å². The number of aromatic nitrogens is 2. The predicted molar refractivity (Wildman–Crippen MR) is 72.7 cm³/mol. The molecule has 0 unspecified atom stereocenters. The van der Waals surface area contributed by atoms with Crippen molar-refractivity contribution in [2.75, 3.05) is 30.5 Å². The zero-order valence-electron chi connectivity index (χ0n) is 10.7. The van der Waals surface area contributed by atoms with Crippen molar-refractivity contribution in [3.8, 4) is 0 Å². The Bertz CT molecular complexity index is 337. The summed E-state index contributed by atoms with van der Waals surface area (Å²) in [4.78, 5) is 8.65. The summed E-state index contributed by atoms with van der Waals surface area (Å²) in [7, 11) is 1.82. The van der Waals surface area contributed by atoms with Crippen molar-refractivity contribution in [1.29, 1.82) is 0 Å². The van der Waals surface area contributed by atoms with Crippen LogP contribution in [0.15, 0.2) is 11.2 Å². The van der Waals surface area contributed by atoms with Crippen molar-refractivity contribution < 1.29 is 5.11 Å². The van der Waals surface area contributed by atoms with E-state index in [4.69, 9.17) is 0 Å². The minimum atomic E-state index is 0.00399. The van der Waals surface area contributed by atoms with Gasteiger partial charge in [0.25, 0.3) is 0 Å². The number of aliphatic hydroxyl groups is 1. The van der Waals surface area contributed by atoms with Gasteiger partial charge in [-0.05, 0) is 12.2 Å². The van der Waals surface area contributed by atoms with Crippen LogP contribution in [0.1, 0.15) is 13.8 Å². The van der Waals surface area contributed by atoms with E-state index in [2.05, 4.69) is 34.4 Å². The lowest BCUT2D eigenvalue weighted by Gasteiger charge is -2.20. The number of thioether (sulfide) groups is 1. The zero-order chi connectivity index (χ0) is 12.8. The Labute approximate surface area is 106 Å². The molecule has 0 aliphatic carbocycles. The molecule has 17 heavy (non-hydrogen) atoms. The highest BCUT2D eigenvalue weighted by molar-refractivity contribution is 7.98. The molecule has 5 nitrogen and oxygen atoms in total. The SMILES string of the molecule is CNc1cc(N[C@H](CO)C(C)C)nc(SC)n1. The fourth-order valence-electron chi connectivity index (χ4n) is 1.33. The highest BCUT2D eigenvalue weighted by atomic mass is 32.2. The lowest BCUT2D eigenvalue weighted by Crippen LogP contribution is -2.30. The summed E-state index contributed by atoms with van der Waals surface area (Å²) in [5.74, 6) is 1.85. The van der Waals surface area contributed by atoms with Gasteiger partial charge >= 0.3 is 0 Å². The summed E-state index contributed by atoms with van der Waals surface area (Å²) >= 11 is 1.49. The smallest absolute Gasteiger partial charge is 0.191 e. The van der Waals surface area contributed by atoms with E-state index in [1.54, 1.807) is 0 Å². The van der Waals surface area contributed by atoms with E-state index in [1.807, 2.05) is 19.4 Å². The molecule has 96 valence electrons. The molecule has 0 amide bonds. The molecule has 0 saturated carbocycles. The number of nitrogens with zero attached hydrogens (tertiary/aromatic N) is 2. The molecule has 0 spiro atoms. The van der Waals surface area contributed by atoms with Gasteiger partial charge in [-0.3, -0.25) is 0 Å². The van der Waals surface area contributed by atoms with E-state index in [-0.39, 0.29) is 12.6 Å². The maximum absolute atomic E-state index is 9.28. The number of hydrogen-bond donors (Lipinski definition) is 3.